The molecule has 132 valence electrons. The number of ether oxygens (including phenoxy) is 1. The normalized spacial score (nSPS) is 16.2. The summed E-state index contributed by atoms with van der Waals surface area (Å²) in [6, 6.07) is 5.01. The first-order valence-corrected chi connectivity index (χ1v) is 8.09. The van der Waals surface area contributed by atoms with Crippen LogP contribution >= 0.6 is 0 Å². The highest BCUT2D eigenvalue weighted by Gasteiger charge is 2.28. The number of hydrogen-bond acceptors (Lipinski definition) is 4. The van der Waals surface area contributed by atoms with Gasteiger partial charge in [0.15, 0.2) is 6.61 Å². The molecule has 1 saturated heterocycles. The lowest BCUT2D eigenvalue weighted by atomic mass is 10.0. The molecule has 24 heavy (non-hydrogen) atoms. The van der Waals surface area contributed by atoms with Gasteiger partial charge in [-0.25, -0.2) is 4.39 Å². The molecule has 0 spiro atoms. The molecule has 1 heterocycles. The summed E-state index contributed by atoms with van der Waals surface area (Å²) in [5.74, 6) is -0.0453. The molecule has 0 unspecified atom stereocenters. The molecule has 1 aliphatic heterocycles. The molecule has 2 N–H and O–H groups in total. The lowest BCUT2D eigenvalue weighted by Gasteiger charge is -2.36. The first-order chi connectivity index (χ1) is 11.4. The number of benzene rings is 1. The summed E-state index contributed by atoms with van der Waals surface area (Å²) in [4.78, 5) is 27.7. The van der Waals surface area contributed by atoms with Crippen LogP contribution in [0.15, 0.2) is 24.3 Å². The fourth-order valence-corrected chi connectivity index (χ4v) is 2.44. The summed E-state index contributed by atoms with van der Waals surface area (Å²) in [7, 11) is 0. The smallest absolute Gasteiger partial charge is 0.260 e. The average molecular weight is 337 g/mol. The maximum Gasteiger partial charge on any atom is 0.260 e. The number of piperazine rings is 1. The number of amides is 2. The van der Waals surface area contributed by atoms with Crippen molar-refractivity contribution in [2.45, 2.75) is 19.9 Å². The largest absolute Gasteiger partial charge is 0.484 e. The van der Waals surface area contributed by atoms with E-state index in [0.29, 0.717) is 31.9 Å². The van der Waals surface area contributed by atoms with Crippen LogP contribution in [0.5, 0.6) is 5.75 Å². The summed E-state index contributed by atoms with van der Waals surface area (Å²) in [6.07, 6.45) is 0. The highest BCUT2D eigenvalue weighted by atomic mass is 19.1. The Morgan fingerprint density at radius 2 is 1.67 bits per heavy atom. The van der Waals surface area contributed by atoms with Crippen LogP contribution < -0.4 is 10.5 Å². The van der Waals surface area contributed by atoms with Gasteiger partial charge in [-0.3, -0.25) is 9.59 Å². The van der Waals surface area contributed by atoms with Gasteiger partial charge in [-0.1, -0.05) is 13.8 Å². The van der Waals surface area contributed by atoms with E-state index in [1.165, 1.54) is 24.3 Å². The standard InChI is InChI=1S/C17H24FN3O3/c1-12(2)16(19)17(23)21-9-7-20(8-10-21)15(22)11-24-14-5-3-13(18)4-6-14/h3-6,12,16H,7-11,19H2,1-2H3/t16-/m0/s1. The van der Waals surface area contributed by atoms with Gasteiger partial charge in [0.05, 0.1) is 6.04 Å². The second-order valence-electron chi connectivity index (χ2n) is 6.22. The molecule has 0 aliphatic carbocycles. The Labute approximate surface area is 141 Å². The Hall–Kier alpha value is -2.15. The van der Waals surface area contributed by atoms with Gasteiger partial charge >= 0.3 is 0 Å². The van der Waals surface area contributed by atoms with Crippen molar-refractivity contribution in [1.82, 2.24) is 9.80 Å². The van der Waals surface area contributed by atoms with Gasteiger partial charge in [0, 0.05) is 26.2 Å². The molecule has 0 aromatic heterocycles. The minimum atomic E-state index is -0.505. The van der Waals surface area contributed by atoms with Crippen LogP contribution in [-0.4, -0.2) is 60.4 Å². The van der Waals surface area contributed by atoms with Gasteiger partial charge in [-0.05, 0) is 30.2 Å². The van der Waals surface area contributed by atoms with Crippen molar-refractivity contribution < 1.29 is 18.7 Å². The first kappa shape index (κ1) is 18.2. The average Bonchev–Trinajstić information content (AvgIpc) is 2.59. The molecule has 7 heteroatoms. The Morgan fingerprint density at radius 1 is 1.12 bits per heavy atom. The summed E-state index contributed by atoms with van der Waals surface area (Å²) >= 11 is 0. The Morgan fingerprint density at radius 3 is 2.21 bits per heavy atom. The highest BCUT2D eigenvalue weighted by molar-refractivity contribution is 5.82. The second kappa shape index (κ2) is 8.10. The van der Waals surface area contributed by atoms with Crippen molar-refractivity contribution in [3.05, 3.63) is 30.1 Å². The highest BCUT2D eigenvalue weighted by Crippen LogP contribution is 2.12. The first-order valence-electron chi connectivity index (χ1n) is 8.09. The van der Waals surface area contributed by atoms with Crippen molar-refractivity contribution in [2.24, 2.45) is 11.7 Å². The van der Waals surface area contributed by atoms with Crippen molar-refractivity contribution in [3.8, 4) is 5.75 Å². The molecule has 0 saturated carbocycles. The maximum absolute atomic E-state index is 12.8. The predicted octanol–water partition coefficient (Wildman–Crippen LogP) is 0.859. The van der Waals surface area contributed by atoms with Crippen LogP contribution in [0.2, 0.25) is 0 Å². The van der Waals surface area contributed by atoms with E-state index < -0.39 is 6.04 Å². The zero-order valence-electron chi connectivity index (χ0n) is 14.1. The van der Waals surface area contributed by atoms with Gasteiger partial charge in [-0.15, -0.1) is 0 Å². The number of nitrogens with two attached hydrogens (primary N) is 1. The molecule has 2 rings (SSSR count). The molecular formula is C17H24FN3O3. The van der Waals surface area contributed by atoms with Crippen LogP contribution in [0.4, 0.5) is 4.39 Å². The van der Waals surface area contributed by atoms with Crippen LogP contribution in [0.25, 0.3) is 0 Å². The molecule has 1 aromatic rings. The lowest BCUT2D eigenvalue weighted by Crippen LogP contribution is -2.55. The van der Waals surface area contributed by atoms with Crippen LogP contribution in [-0.2, 0) is 9.59 Å². The van der Waals surface area contributed by atoms with Gasteiger partial charge in [0.25, 0.3) is 5.91 Å². The Kier molecular flexibility index (Phi) is 6.14. The Balaban J connectivity index is 1.78. The van der Waals surface area contributed by atoms with Crippen LogP contribution in [0.3, 0.4) is 0 Å². The second-order valence-corrected chi connectivity index (χ2v) is 6.22. The van der Waals surface area contributed by atoms with E-state index >= 15 is 0 Å². The van der Waals surface area contributed by atoms with E-state index in [0.717, 1.165) is 0 Å². The zero-order valence-corrected chi connectivity index (χ0v) is 14.1. The molecule has 6 nitrogen and oxygen atoms in total. The molecular weight excluding hydrogens is 313 g/mol. The van der Waals surface area contributed by atoms with Crippen LogP contribution in [0.1, 0.15) is 13.8 Å². The SMILES string of the molecule is CC(C)[C@H](N)C(=O)N1CCN(C(=O)COc2ccc(F)cc2)CC1. The van der Waals surface area contributed by atoms with E-state index in [9.17, 15) is 14.0 Å². The Bertz CT molecular complexity index is 569. The van der Waals surface area contributed by atoms with Gasteiger partial charge in [0.2, 0.25) is 5.91 Å². The van der Waals surface area contributed by atoms with E-state index in [1.807, 2.05) is 13.8 Å². The number of carbonyl (C=O) groups excluding carboxylic acids is 2. The minimum absolute atomic E-state index is 0.0698. The number of halogens is 1. The molecule has 2 amide bonds. The monoisotopic (exact) mass is 337 g/mol. The lowest BCUT2D eigenvalue weighted by molar-refractivity contribution is -0.141. The fourth-order valence-electron chi connectivity index (χ4n) is 2.44. The predicted molar refractivity (Wildman–Crippen MR) is 87.9 cm³/mol. The van der Waals surface area contributed by atoms with Crippen molar-refractivity contribution in [2.75, 3.05) is 32.8 Å². The van der Waals surface area contributed by atoms with Crippen LogP contribution in [0, 0.1) is 11.7 Å². The molecule has 1 fully saturated rings. The molecule has 1 aliphatic rings. The third-order valence-corrected chi connectivity index (χ3v) is 4.12. The topological polar surface area (TPSA) is 75.9 Å². The van der Waals surface area contributed by atoms with E-state index in [2.05, 4.69) is 0 Å². The quantitative estimate of drug-likeness (QED) is 0.865. The van der Waals surface area contributed by atoms with Crippen molar-refractivity contribution in [1.29, 1.82) is 0 Å². The maximum atomic E-state index is 12.8. The van der Waals surface area contributed by atoms with E-state index in [-0.39, 0.29) is 30.2 Å². The summed E-state index contributed by atoms with van der Waals surface area (Å²) in [5.41, 5.74) is 5.89. The third-order valence-electron chi connectivity index (χ3n) is 4.12. The summed E-state index contributed by atoms with van der Waals surface area (Å²) in [5, 5.41) is 0. The summed E-state index contributed by atoms with van der Waals surface area (Å²) < 4.78 is 18.2. The molecule has 1 atom stereocenters. The number of hydrogen-bond donors (Lipinski definition) is 1. The fraction of sp³-hybridized carbons (Fsp3) is 0.529. The van der Waals surface area contributed by atoms with Gasteiger partial charge in [0.1, 0.15) is 11.6 Å². The van der Waals surface area contributed by atoms with E-state index in [1.54, 1.807) is 9.80 Å². The number of carbonyl (C=O) groups is 2. The van der Waals surface area contributed by atoms with Gasteiger partial charge < -0.3 is 20.3 Å². The number of rotatable bonds is 5. The zero-order chi connectivity index (χ0) is 17.7. The molecule has 0 radical (unpaired) electrons. The third kappa shape index (κ3) is 4.67. The molecule has 0 bridgehead atoms. The number of nitrogens with zero attached hydrogens (tertiary/aromatic N) is 2. The van der Waals surface area contributed by atoms with E-state index in [4.69, 9.17) is 10.5 Å². The van der Waals surface area contributed by atoms with Crippen molar-refractivity contribution >= 4 is 11.8 Å². The minimum Gasteiger partial charge on any atom is -0.484 e. The van der Waals surface area contributed by atoms with Gasteiger partial charge in [-0.2, -0.15) is 0 Å². The van der Waals surface area contributed by atoms with Crippen molar-refractivity contribution in [3.63, 3.8) is 0 Å². The molecule has 1 aromatic carbocycles. The summed E-state index contributed by atoms with van der Waals surface area (Å²) in [6.45, 7) is 5.59.